The van der Waals surface area contributed by atoms with Crippen molar-refractivity contribution in [3.63, 3.8) is 0 Å². The van der Waals surface area contributed by atoms with Crippen molar-refractivity contribution in [3.05, 3.63) is 35.2 Å². The van der Waals surface area contributed by atoms with Gasteiger partial charge < -0.3 is 4.74 Å². The fourth-order valence-electron chi connectivity index (χ4n) is 6.05. The van der Waals surface area contributed by atoms with Crippen LogP contribution in [0.4, 0.5) is 13.9 Å². The summed E-state index contributed by atoms with van der Waals surface area (Å²) >= 11 is 7.95. The van der Waals surface area contributed by atoms with Crippen molar-refractivity contribution in [1.29, 1.82) is 0 Å². The van der Waals surface area contributed by atoms with Gasteiger partial charge in [-0.3, -0.25) is 14.9 Å². The van der Waals surface area contributed by atoms with E-state index in [1.165, 1.54) is 13.0 Å². The van der Waals surface area contributed by atoms with Crippen LogP contribution in [0.1, 0.15) is 45.4 Å². The van der Waals surface area contributed by atoms with Crippen molar-refractivity contribution < 1.29 is 23.1 Å². The summed E-state index contributed by atoms with van der Waals surface area (Å²) < 4.78 is 32.2. The van der Waals surface area contributed by atoms with Crippen molar-refractivity contribution in [3.8, 4) is 11.3 Å². The molecule has 4 bridgehead atoms. The van der Waals surface area contributed by atoms with Gasteiger partial charge in [-0.2, -0.15) is 0 Å². The molecule has 4 aliphatic rings. The van der Waals surface area contributed by atoms with Gasteiger partial charge in [0.25, 0.3) is 5.91 Å². The number of carbonyl (C=O) groups is 2. The van der Waals surface area contributed by atoms with E-state index in [0.717, 1.165) is 55.6 Å². The van der Waals surface area contributed by atoms with Crippen LogP contribution >= 0.6 is 22.9 Å². The molecule has 4 aliphatic carbocycles. The molecule has 2 aromatic rings. The van der Waals surface area contributed by atoms with Crippen molar-refractivity contribution in [2.24, 2.45) is 17.3 Å². The molecule has 0 spiro atoms. The number of hydrogen-bond acceptors (Lipinski definition) is 5. The van der Waals surface area contributed by atoms with E-state index in [1.54, 1.807) is 5.38 Å². The first-order valence-electron chi connectivity index (χ1n) is 10.8. The summed E-state index contributed by atoms with van der Waals surface area (Å²) in [7, 11) is 0. The first kappa shape index (κ1) is 21.8. The van der Waals surface area contributed by atoms with E-state index in [-0.39, 0.29) is 16.0 Å². The molecular weight excluding hydrogens is 458 g/mol. The van der Waals surface area contributed by atoms with Gasteiger partial charge in [0.2, 0.25) is 0 Å². The minimum atomic E-state index is -0.989. The molecule has 1 heterocycles. The van der Waals surface area contributed by atoms with Gasteiger partial charge in [-0.1, -0.05) is 0 Å². The minimum Gasteiger partial charge on any atom is -0.452 e. The Kier molecular flexibility index (Phi) is 5.28. The van der Waals surface area contributed by atoms with Crippen LogP contribution in [-0.4, -0.2) is 27.8 Å². The molecule has 4 fully saturated rings. The lowest BCUT2D eigenvalue weighted by molar-refractivity contribution is -0.176. The molecule has 1 aromatic carbocycles. The Hall–Kier alpha value is -2.06. The number of benzene rings is 1. The number of anilines is 1. The number of amides is 1. The van der Waals surface area contributed by atoms with Crippen molar-refractivity contribution in [1.82, 2.24) is 4.98 Å². The SMILES string of the molecule is C[C@H](OC(=O)C12C[C@H]3C[C@@H](CC(Cl)(C3)C1)C2)C(=O)Nc1nc(-c2ccc(F)c(F)c2)cs1. The van der Waals surface area contributed by atoms with Crippen LogP contribution in [0.3, 0.4) is 0 Å². The number of carbonyl (C=O) groups excluding carboxylic acids is 2. The Labute approximate surface area is 193 Å². The number of esters is 1. The fraction of sp³-hybridized carbons (Fsp3) is 0.522. The van der Waals surface area contributed by atoms with Gasteiger partial charge >= 0.3 is 5.97 Å². The lowest BCUT2D eigenvalue weighted by Crippen LogP contribution is -2.57. The van der Waals surface area contributed by atoms with Crippen LogP contribution in [0.15, 0.2) is 23.6 Å². The zero-order valence-electron chi connectivity index (χ0n) is 17.5. The number of nitrogens with one attached hydrogen (secondary N) is 1. The second-order valence-corrected chi connectivity index (χ2v) is 11.3. The van der Waals surface area contributed by atoms with Gasteiger partial charge in [0.15, 0.2) is 22.9 Å². The number of halogens is 3. The number of ether oxygens (including phenoxy) is 1. The number of nitrogens with zero attached hydrogens (tertiary/aromatic N) is 1. The highest BCUT2D eigenvalue weighted by atomic mass is 35.5. The molecule has 0 unspecified atom stereocenters. The van der Waals surface area contributed by atoms with E-state index in [1.807, 2.05) is 0 Å². The molecule has 9 heteroatoms. The van der Waals surface area contributed by atoms with Crippen molar-refractivity contribution in [2.45, 2.75) is 56.4 Å². The van der Waals surface area contributed by atoms with Gasteiger partial charge in [-0.05, 0) is 75.5 Å². The van der Waals surface area contributed by atoms with Gasteiger partial charge in [0.1, 0.15) is 0 Å². The topological polar surface area (TPSA) is 68.3 Å². The number of rotatable bonds is 5. The summed E-state index contributed by atoms with van der Waals surface area (Å²) in [5, 5.41) is 4.56. The second-order valence-electron chi connectivity index (χ2n) is 9.60. The van der Waals surface area contributed by atoms with E-state index in [2.05, 4.69) is 10.3 Å². The minimum absolute atomic E-state index is 0.284. The standard InChI is InChI=1S/C23H23ClF2N2O3S/c1-12(31-20(30)22-6-13-4-14(7-22)9-23(24,8-13)11-22)19(29)28-21-27-18(10-32-21)15-2-3-16(25)17(26)5-15/h2-3,5,10,12-14H,4,6-9,11H2,1H3,(H,27,28,29)/t12-,13+,14+,22?,23?/m0/s1. The van der Waals surface area contributed by atoms with E-state index in [9.17, 15) is 18.4 Å². The molecule has 1 aromatic heterocycles. The Morgan fingerprint density at radius 2 is 1.94 bits per heavy atom. The Bertz CT molecular complexity index is 1080. The molecule has 5 nitrogen and oxygen atoms in total. The third-order valence-corrected chi connectivity index (χ3v) is 8.23. The summed E-state index contributed by atoms with van der Waals surface area (Å²) in [5.74, 6) is -1.82. The summed E-state index contributed by atoms with van der Waals surface area (Å²) in [6.07, 6.45) is 4.25. The molecule has 6 rings (SSSR count). The van der Waals surface area contributed by atoms with Crippen LogP contribution in [-0.2, 0) is 14.3 Å². The highest BCUT2D eigenvalue weighted by Crippen LogP contribution is 2.64. The molecule has 1 N–H and O–H groups in total. The zero-order chi connectivity index (χ0) is 22.7. The van der Waals surface area contributed by atoms with Gasteiger partial charge in [-0.25, -0.2) is 13.8 Å². The van der Waals surface area contributed by atoms with Crippen molar-refractivity contribution in [2.75, 3.05) is 5.32 Å². The third-order valence-electron chi connectivity index (χ3n) is 7.03. The average Bonchev–Trinajstić information content (AvgIpc) is 3.16. The van der Waals surface area contributed by atoms with E-state index >= 15 is 0 Å². The number of aromatic nitrogens is 1. The largest absolute Gasteiger partial charge is 0.452 e. The van der Waals surface area contributed by atoms with E-state index in [4.69, 9.17) is 16.3 Å². The lowest BCUT2D eigenvalue weighted by Gasteiger charge is -2.58. The number of hydrogen-bond donors (Lipinski definition) is 1. The monoisotopic (exact) mass is 480 g/mol. The van der Waals surface area contributed by atoms with E-state index < -0.39 is 29.1 Å². The predicted octanol–water partition coefficient (Wildman–Crippen LogP) is 5.54. The fourth-order valence-corrected chi connectivity index (χ4v) is 7.47. The molecule has 0 aliphatic heterocycles. The Balaban J connectivity index is 1.23. The number of alkyl halides is 1. The van der Waals surface area contributed by atoms with Crippen LogP contribution in [0.5, 0.6) is 0 Å². The average molecular weight is 481 g/mol. The number of thiazole rings is 1. The lowest BCUT2D eigenvalue weighted by atomic mass is 9.49. The third kappa shape index (κ3) is 3.92. The first-order valence-corrected chi connectivity index (χ1v) is 12.0. The van der Waals surface area contributed by atoms with Crippen molar-refractivity contribution >= 4 is 39.9 Å². The smallest absolute Gasteiger partial charge is 0.312 e. The highest BCUT2D eigenvalue weighted by Gasteiger charge is 2.61. The summed E-state index contributed by atoms with van der Waals surface area (Å²) in [4.78, 5) is 29.7. The van der Waals surface area contributed by atoms with Gasteiger partial charge in [-0.15, -0.1) is 22.9 Å². The maximum Gasteiger partial charge on any atom is 0.312 e. The van der Waals surface area contributed by atoms with Gasteiger partial charge in [0, 0.05) is 15.8 Å². The highest BCUT2D eigenvalue weighted by molar-refractivity contribution is 7.14. The molecule has 32 heavy (non-hydrogen) atoms. The molecular formula is C23H23ClF2N2O3S. The first-order chi connectivity index (χ1) is 15.1. The zero-order valence-corrected chi connectivity index (χ0v) is 19.1. The maximum absolute atomic E-state index is 13.5. The Morgan fingerprint density at radius 1 is 1.22 bits per heavy atom. The quantitative estimate of drug-likeness (QED) is 0.451. The van der Waals surface area contributed by atoms with Gasteiger partial charge in [0.05, 0.1) is 11.1 Å². The summed E-state index contributed by atoms with van der Waals surface area (Å²) in [6, 6.07) is 3.49. The Morgan fingerprint density at radius 3 is 2.59 bits per heavy atom. The molecule has 1 amide bonds. The molecule has 0 radical (unpaired) electrons. The van der Waals surface area contributed by atoms with Crippen LogP contribution in [0, 0.1) is 28.9 Å². The summed E-state index contributed by atoms with van der Waals surface area (Å²) in [5.41, 5.74) is 0.230. The second kappa shape index (κ2) is 7.76. The van der Waals surface area contributed by atoms with Crippen LogP contribution in [0.2, 0.25) is 0 Å². The molecule has 3 atom stereocenters. The normalized spacial score (nSPS) is 31.4. The molecule has 4 saturated carbocycles. The molecule has 170 valence electrons. The van der Waals surface area contributed by atoms with Crippen LogP contribution in [0.25, 0.3) is 11.3 Å². The maximum atomic E-state index is 13.5. The predicted molar refractivity (Wildman–Crippen MR) is 117 cm³/mol. The van der Waals surface area contributed by atoms with Crippen LogP contribution < -0.4 is 5.32 Å². The molecule has 0 saturated heterocycles. The van der Waals surface area contributed by atoms with E-state index in [0.29, 0.717) is 29.5 Å². The summed E-state index contributed by atoms with van der Waals surface area (Å²) in [6.45, 7) is 1.54.